The Balaban J connectivity index is 1.26. The molecule has 0 spiro atoms. The minimum Gasteiger partial charge on any atom is -0.443 e. The van der Waals surface area contributed by atoms with Crippen LogP contribution in [0.2, 0.25) is 0 Å². The summed E-state index contributed by atoms with van der Waals surface area (Å²) in [6.45, 7) is 4.39. The van der Waals surface area contributed by atoms with E-state index in [2.05, 4.69) is 39.5 Å². The van der Waals surface area contributed by atoms with E-state index in [0.29, 0.717) is 35.2 Å². The van der Waals surface area contributed by atoms with Crippen molar-refractivity contribution in [1.82, 2.24) is 9.97 Å². The molecule has 5 atom stereocenters. The van der Waals surface area contributed by atoms with Gasteiger partial charge in [0.15, 0.2) is 17.1 Å². The molecule has 3 aliphatic rings. The van der Waals surface area contributed by atoms with Gasteiger partial charge in [-0.15, -0.1) is 11.3 Å². The number of rotatable bonds is 5. The van der Waals surface area contributed by atoms with E-state index in [1.807, 2.05) is 6.92 Å². The average Bonchev–Trinajstić information content (AvgIpc) is 3.54. The highest BCUT2D eigenvalue weighted by molar-refractivity contribution is 7.15. The van der Waals surface area contributed by atoms with Gasteiger partial charge in [-0.3, -0.25) is 4.79 Å². The molecular weight excluding hydrogens is 460 g/mol. The van der Waals surface area contributed by atoms with Crippen LogP contribution in [0.5, 0.6) is 0 Å². The Morgan fingerprint density at radius 3 is 3.03 bits per heavy atom. The third-order valence-electron chi connectivity index (χ3n) is 8.86. The number of carbonyl (C=O) groups is 1. The normalized spacial score (nSPS) is 30.7. The number of fused-ring (bicyclic) bond motifs is 6. The van der Waals surface area contributed by atoms with Crippen LogP contribution in [0.1, 0.15) is 67.4 Å². The van der Waals surface area contributed by atoms with Crippen LogP contribution < -0.4 is 5.32 Å². The number of hydrogen-bond acceptors (Lipinski definition) is 7. The van der Waals surface area contributed by atoms with Crippen LogP contribution in [-0.2, 0) is 16.1 Å². The van der Waals surface area contributed by atoms with Crippen molar-refractivity contribution in [2.75, 3.05) is 12.4 Å². The first kappa shape index (κ1) is 22.7. The summed E-state index contributed by atoms with van der Waals surface area (Å²) >= 11 is 1.52. The number of nitrogens with one attached hydrogen (secondary N) is 1. The SMILES string of the molecule is CON=C1CC(CCC(=O)Nc2ncc(C)s2)C2C3CCc4cc5ocnc5cc4C3CCC12C. The molecule has 0 saturated heterocycles. The monoisotopic (exact) mass is 492 g/mol. The van der Waals surface area contributed by atoms with Crippen LogP contribution >= 0.6 is 11.3 Å². The molecule has 0 aliphatic heterocycles. The van der Waals surface area contributed by atoms with Crippen LogP contribution in [0.25, 0.3) is 11.1 Å². The standard InChI is InChI=1S/C27H32N4O3S/c1-15-13-28-26(35-15)30-24(32)7-5-17-11-23(31-33-3)27(2)9-8-18-19(25(17)27)6-4-16-10-22-21(12-20(16)18)29-14-34-22/h10,12-14,17-19,25H,4-9,11H2,1-3H3,(H,28,30,32). The molecule has 2 heterocycles. The number of hydrogen-bond donors (Lipinski definition) is 1. The summed E-state index contributed by atoms with van der Waals surface area (Å²) in [5.74, 6) is 2.06. The number of nitrogens with zero attached hydrogens (tertiary/aromatic N) is 3. The molecule has 0 radical (unpaired) electrons. The molecule has 6 rings (SSSR count). The maximum atomic E-state index is 12.8. The fourth-order valence-electron chi connectivity index (χ4n) is 7.43. The molecule has 7 nitrogen and oxygen atoms in total. The lowest BCUT2D eigenvalue weighted by Crippen LogP contribution is -2.44. The van der Waals surface area contributed by atoms with Crippen LogP contribution in [0.4, 0.5) is 5.13 Å². The van der Waals surface area contributed by atoms with Crippen molar-refractivity contribution in [2.24, 2.45) is 28.3 Å². The molecule has 184 valence electrons. The van der Waals surface area contributed by atoms with Gasteiger partial charge in [0.05, 0.1) is 5.71 Å². The van der Waals surface area contributed by atoms with Crippen molar-refractivity contribution in [3.63, 3.8) is 0 Å². The van der Waals surface area contributed by atoms with Gasteiger partial charge in [0, 0.05) is 22.9 Å². The summed E-state index contributed by atoms with van der Waals surface area (Å²) in [4.78, 5) is 27.9. The van der Waals surface area contributed by atoms with Crippen molar-refractivity contribution in [3.05, 3.63) is 40.7 Å². The lowest BCUT2D eigenvalue weighted by Gasteiger charge is -2.50. The van der Waals surface area contributed by atoms with Crippen LogP contribution in [0.15, 0.2) is 34.3 Å². The van der Waals surface area contributed by atoms with Gasteiger partial charge in [-0.25, -0.2) is 9.97 Å². The van der Waals surface area contributed by atoms with E-state index in [-0.39, 0.29) is 11.3 Å². The lowest BCUT2D eigenvalue weighted by atomic mass is 9.54. The summed E-state index contributed by atoms with van der Waals surface area (Å²) in [7, 11) is 1.65. The number of amides is 1. The summed E-state index contributed by atoms with van der Waals surface area (Å²) in [6, 6.07) is 4.47. The number of thiazole rings is 1. The highest BCUT2D eigenvalue weighted by Crippen LogP contribution is 2.62. The van der Waals surface area contributed by atoms with Gasteiger partial charge in [0.1, 0.15) is 12.6 Å². The zero-order chi connectivity index (χ0) is 24.2. The molecule has 1 N–H and O–H groups in total. The first-order valence-corrected chi connectivity index (χ1v) is 13.5. The highest BCUT2D eigenvalue weighted by Gasteiger charge is 2.57. The van der Waals surface area contributed by atoms with Gasteiger partial charge < -0.3 is 14.6 Å². The molecule has 1 aromatic carbocycles. The van der Waals surface area contributed by atoms with Crippen molar-refractivity contribution in [2.45, 2.75) is 64.7 Å². The third-order valence-corrected chi connectivity index (χ3v) is 9.69. The summed E-state index contributed by atoms with van der Waals surface area (Å²) < 4.78 is 5.58. The fraction of sp³-hybridized carbons (Fsp3) is 0.556. The van der Waals surface area contributed by atoms with Gasteiger partial charge in [0.2, 0.25) is 5.91 Å². The smallest absolute Gasteiger partial charge is 0.226 e. The number of anilines is 1. The predicted molar refractivity (Wildman–Crippen MR) is 137 cm³/mol. The Hall–Kier alpha value is -2.74. The highest BCUT2D eigenvalue weighted by atomic mass is 32.1. The molecule has 0 bridgehead atoms. The maximum Gasteiger partial charge on any atom is 0.226 e. The summed E-state index contributed by atoms with van der Waals surface area (Å²) in [5, 5.41) is 8.20. The zero-order valence-corrected chi connectivity index (χ0v) is 21.4. The van der Waals surface area contributed by atoms with Gasteiger partial charge in [-0.1, -0.05) is 12.1 Å². The van der Waals surface area contributed by atoms with Gasteiger partial charge >= 0.3 is 0 Å². The quantitative estimate of drug-likeness (QED) is 0.435. The Kier molecular flexibility index (Phi) is 5.66. The van der Waals surface area contributed by atoms with Crippen molar-refractivity contribution < 1.29 is 14.0 Å². The van der Waals surface area contributed by atoms with Crippen molar-refractivity contribution >= 4 is 39.2 Å². The number of carbonyl (C=O) groups excluding carboxylic acids is 1. The van der Waals surface area contributed by atoms with E-state index in [4.69, 9.17) is 9.25 Å². The first-order valence-electron chi connectivity index (χ1n) is 12.6. The number of benzene rings is 1. The Morgan fingerprint density at radius 1 is 1.34 bits per heavy atom. The van der Waals surface area contributed by atoms with Crippen LogP contribution in [-0.4, -0.2) is 28.7 Å². The number of oxazole rings is 1. The number of aryl methyl sites for hydroxylation is 2. The van der Waals surface area contributed by atoms with Crippen LogP contribution in [0.3, 0.4) is 0 Å². The van der Waals surface area contributed by atoms with E-state index in [0.717, 1.165) is 48.1 Å². The Labute approximate surface area is 209 Å². The zero-order valence-electron chi connectivity index (χ0n) is 20.5. The second-order valence-electron chi connectivity index (χ2n) is 10.7. The second kappa shape index (κ2) is 8.73. The molecule has 2 fully saturated rings. The fourth-order valence-corrected chi connectivity index (χ4v) is 8.11. The average molecular weight is 493 g/mol. The molecule has 5 unspecified atom stereocenters. The van der Waals surface area contributed by atoms with E-state index in [9.17, 15) is 4.79 Å². The number of oxime groups is 1. The minimum atomic E-state index is 0.0280. The largest absolute Gasteiger partial charge is 0.443 e. The topological polar surface area (TPSA) is 89.6 Å². The van der Waals surface area contributed by atoms with Gasteiger partial charge in [-0.2, -0.15) is 0 Å². The number of aromatic nitrogens is 2. The maximum absolute atomic E-state index is 12.8. The summed E-state index contributed by atoms with van der Waals surface area (Å²) in [6.07, 6.45) is 10.1. The summed E-state index contributed by atoms with van der Waals surface area (Å²) in [5.41, 5.74) is 5.92. The van der Waals surface area contributed by atoms with Crippen molar-refractivity contribution in [3.8, 4) is 0 Å². The Morgan fingerprint density at radius 2 is 2.23 bits per heavy atom. The minimum absolute atomic E-state index is 0.0280. The van der Waals surface area contributed by atoms with Crippen LogP contribution in [0, 0.1) is 30.1 Å². The molecule has 35 heavy (non-hydrogen) atoms. The predicted octanol–water partition coefficient (Wildman–Crippen LogP) is 6.10. The molecule has 2 aromatic heterocycles. The van der Waals surface area contributed by atoms with E-state index in [1.165, 1.54) is 34.6 Å². The Bertz CT molecular complexity index is 1300. The van der Waals surface area contributed by atoms with Gasteiger partial charge in [-0.05, 0) is 92.4 Å². The molecule has 2 saturated carbocycles. The van der Waals surface area contributed by atoms with E-state index < -0.39 is 0 Å². The lowest BCUT2D eigenvalue weighted by molar-refractivity contribution is -0.116. The van der Waals surface area contributed by atoms with Gasteiger partial charge in [0.25, 0.3) is 0 Å². The van der Waals surface area contributed by atoms with E-state index in [1.54, 1.807) is 19.7 Å². The van der Waals surface area contributed by atoms with Crippen molar-refractivity contribution in [1.29, 1.82) is 0 Å². The molecule has 3 aliphatic carbocycles. The molecule has 8 heteroatoms. The van der Waals surface area contributed by atoms with E-state index >= 15 is 0 Å². The molecule has 3 aromatic rings. The second-order valence-corrected chi connectivity index (χ2v) is 11.9. The molecular formula is C27H32N4O3S. The molecule has 1 amide bonds. The third kappa shape index (κ3) is 3.86. The first-order chi connectivity index (χ1) is 17.0.